The molecule has 3 aromatic rings. The van der Waals surface area contributed by atoms with Crippen LogP contribution in [0.5, 0.6) is 11.5 Å². The van der Waals surface area contributed by atoms with Crippen molar-refractivity contribution in [1.29, 1.82) is 0 Å². The second-order valence-corrected chi connectivity index (χ2v) is 7.39. The fraction of sp³-hybridized carbons (Fsp3) is 0.200. The van der Waals surface area contributed by atoms with Crippen LogP contribution in [0.3, 0.4) is 0 Å². The predicted molar refractivity (Wildman–Crippen MR) is 114 cm³/mol. The first-order chi connectivity index (χ1) is 13.5. The largest absolute Gasteiger partial charge is 0.495 e. The molecule has 0 unspecified atom stereocenters. The molecular formula is C20H20ClN3O3S. The van der Waals surface area contributed by atoms with Gasteiger partial charge in [-0.25, -0.2) is 4.98 Å². The van der Waals surface area contributed by atoms with Gasteiger partial charge in [0.1, 0.15) is 11.5 Å². The number of aryl methyl sites for hydroxylation is 1. The lowest BCUT2D eigenvalue weighted by molar-refractivity contribution is -0.114. The van der Waals surface area contributed by atoms with Crippen molar-refractivity contribution in [3.05, 3.63) is 51.8 Å². The molecule has 1 aromatic heterocycles. The zero-order valence-electron chi connectivity index (χ0n) is 15.7. The van der Waals surface area contributed by atoms with Crippen LogP contribution in [-0.2, 0) is 4.79 Å². The predicted octanol–water partition coefficient (Wildman–Crippen LogP) is 4.84. The van der Waals surface area contributed by atoms with Crippen LogP contribution in [0.2, 0.25) is 5.02 Å². The van der Waals surface area contributed by atoms with Crippen LogP contribution >= 0.6 is 22.9 Å². The third-order valence-electron chi connectivity index (χ3n) is 3.97. The van der Waals surface area contributed by atoms with E-state index in [-0.39, 0.29) is 12.5 Å². The number of nitrogens with one attached hydrogen (secondary N) is 2. The molecule has 0 radical (unpaired) electrons. The van der Waals surface area contributed by atoms with Gasteiger partial charge < -0.3 is 20.1 Å². The number of benzene rings is 2. The summed E-state index contributed by atoms with van der Waals surface area (Å²) >= 11 is 7.69. The van der Waals surface area contributed by atoms with E-state index in [2.05, 4.69) is 15.6 Å². The van der Waals surface area contributed by atoms with Crippen LogP contribution in [0.15, 0.2) is 41.8 Å². The summed E-state index contributed by atoms with van der Waals surface area (Å²) in [7, 11) is 3.07. The van der Waals surface area contributed by atoms with E-state index in [4.69, 9.17) is 21.1 Å². The average molecular weight is 418 g/mol. The highest BCUT2D eigenvalue weighted by Crippen LogP contribution is 2.35. The van der Waals surface area contributed by atoms with Gasteiger partial charge in [0.15, 0.2) is 0 Å². The van der Waals surface area contributed by atoms with Crippen molar-refractivity contribution in [3.8, 4) is 22.8 Å². The second-order valence-electron chi connectivity index (χ2n) is 5.92. The standard InChI is InChI=1S/C20H20ClN3O3S/c1-12-23-17(11-28-12)13-5-4-6-14(7-13)24-20(25)10-22-16-9-18(26-2)15(21)8-19(16)27-3/h4-9,11,22H,10H2,1-3H3,(H,24,25). The number of anilines is 2. The zero-order valence-corrected chi connectivity index (χ0v) is 17.3. The number of thiazole rings is 1. The maximum Gasteiger partial charge on any atom is 0.243 e. The molecule has 146 valence electrons. The maximum absolute atomic E-state index is 12.4. The third kappa shape index (κ3) is 4.74. The number of hydrogen-bond acceptors (Lipinski definition) is 6. The van der Waals surface area contributed by atoms with Crippen molar-refractivity contribution < 1.29 is 14.3 Å². The molecule has 0 aliphatic rings. The Hall–Kier alpha value is -2.77. The lowest BCUT2D eigenvalue weighted by Crippen LogP contribution is -2.22. The second kappa shape index (κ2) is 8.95. The first-order valence-corrected chi connectivity index (χ1v) is 9.73. The molecule has 1 heterocycles. The van der Waals surface area contributed by atoms with Crippen molar-refractivity contribution in [1.82, 2.24) is 4.98 Å². The third-order valence-corrected chi connectivity index (χ3v) is 5.04. The van der Waals surface area contributed by atoms with Gasteiger partial charge in [-0.1, -0.05) is 23.7 Å². The Labute approximate surface area is 172 Å². The molecule has 28 heavy (non-hydrogen) atoms. The number of amides is 1. The first-order valence-electron chi connectivity index (χ1n) is 8.48. The monoisotopic (exact) mass is 417 g/mol. The maximum atomic E-state index is 12.4. The molecule has 0 aliphatic carbocycles. The minimum absolute atomic E-state index is 0.0567. The van der Waals surface area contributed by atoms with Crippen molar-refractivity contribution in [2.45, 2.75) is 6.92 Å². The Balaban J connectivity index is 1.67. The van der Waals surface area contributed by atoms with Gasteiger partial charge in [-0.2, -0.15) is 0 Å². The fourth-order valence-electron chi connectivity index (χ4n) is 2.63. The number of aromatic nitrogens is 1. The zero-order chi connectivity index (χ0) is 20.1. The Morgan fingerprint density at radius 1 is 1.18 bits per heavy atom. The van der Waals surface area contributed by atoms with Crippen LogP contribution in [0, 0.1) is 6.92 Å². The molecule has 1 amide bonds. The molecule has 0 saturated heterocycles. The Kier molecular flexibility index (Phi) is 6.38. The van der Waals surface area contributed by atoms with Crippen molar-refractivity contribution in [3.63, 3.8) is 0 Å². The SMILES string of the molecule is COc1cc(NCC(=O)Nc2cccc(-c3csc(C)n3)c2)c(OC)cc1Cl. The topological polar surface area (TPSA) is 72.5 Å². The lowest BCUT2D eigenvalue weighted by Gasteiger charge is -2.14. The van der Waals surface area contributed by atoms with E-state index in [1.165, 1.54) is 14.2 Å². The number of rotatable bonds is 7. The molecule has 3 rings (SSSR count). The van der Waals surface area contributed by atoms with Gasteiger partial charge in [0.25, 0.3) is 0 Å². The highest BCUT2D eigenvalue weighted by molar-refractivity contribution is 7.09. The average Bonchev–Trinajstić information content (AvgIpc) is 3.13. The van der Waals surface area contributed by atoms with E-state index in [0.29, 0.717) is 27.9 Å². The van der Waals surface area contributed by atoms with E-state index in [1.54, 1.807) is 23.5 Å². The van der Waals surface area contributed by atoms with E-state index in [0.717, 1.165) is 16.3 Å². The van der Waals surface area contributed by atoms with Crippen LogP contribution in [0.25, 0.3) is 11.3 Å². The molecule has 0 bridgehead atoms. The molecule has 0 aliphatic heterocycles. The first kappa shape index (κ1) is 20.0. The summed E-state index contributed by atoms with van der Waals surface area (Å²) < 4.78 is 10.5. The minimum Gasteiger partial charge on any atom is -0.495 e. The van der Waals surface area contributed by atoms with E-state index in [1.807, 2.05) is 36.6 Å². The Bertz CT molecular complexity index is 991. The molecule has 2 N–H and O–H groups in total. The van der Waals surface area contributed by atoms with E-state index < -0.39 is 0 Å². The van der Waals surface area contributed by atoms with Crippen molar-refractivity contribution in [2.24, 2.45) is 0 Å². The molecule has 0 spiro atoms. The van der Waals surface area contributed by atoms with E-state index in [9.17, 15) is 4.79 Å². The van der Waals surface area contributed by atoms with Gasteiger partial charge in [-0.05, 0) is 19.1 Å². The highest BCUT2D eigenvalue weighted by Gasteiger charge is 2.11. The molecule has 2 aromatic carbocycles. The van der Waals surface area contributed by atoms with Crippen molar-refractivity contribution in [2.75, 3.05) is 31.4 Å². The number of carbonyl (C=O) groups is 1. The summed E-state index contributed by atoms with van der Waals surface area (Å²) in [6, 6.07) is 10.9. The molecule has 0 atom stereocenters. The van der Waals surface area contributed by atoms with Crippen LogP contribution in [-0.4, -0.2) is 31.7 Å². The summed E-state index contributed by atoms with van der Waals surface area (Å²) in [4.78, 5) is 16.9. The quantitative estimate of drug-likeness (QED) is 0.575. The molecule has 8 heteroatoms. The molecule has 0 saturated carbocycles. The molecule has 0 fully saturated rings. The lowest BCUT2D eigenvalue weighted by atomic mass is 10.1. The number of halogens is 1. The number of carbonyl (C=O) groups excluding carboxylic acids is 1. The van der Waals surface area contributed by atoms with Gasteiger partial charge in [0, 0.05) is 28.8 Å². The van der Waals surface area contributed by atoms with Crippen LogP contribution in [0.4, 0.5) is 11.4 Å². The minimum atomic E-state index is -0.192. The number of nitrogens with zero attached hydrogens (tertiary/aromatic N) is 1. The number of hydrogen-bond donors (Lipinski definition) is 2. The van der Waals surface area contributed by atoms with E-state index >= 15 is 0 Å². The summed E-state index contributed by atoms with van der Waals surface area (Å²) in [6.45, 7) is 2.02. The van der Waals surface area contributed by atoms with Gasteiger partial charge in [-0.15, -0.1) is 11.3 Å². The summed E-state index contributed by atoms with van der Waals surface area (Å²) in [6.07, 6.45) is 0. The van der Waals surface area contributed by atoms with Gasteiger partial charge in [0.2, 0.25) is 5.91 Å². The molecule has 6 nitrogen and oxygen atoms in total. The normalized spacial score (nSPS) is 10.4. The van der Waals surface area contributed by atoms with Crippen molar-refractivity contribution >= 4 is 40.2 Å². The van der Waals surface area contributed by atoms with Gasteiger partial charge in [-0.3, -0.25) is 4.79 Å². The smallest absolute Gasteiger partial charge is 0.243 e. The van der Waals surface area contributed by atoms with Crippen LogP contribution in [0.1, 0.15) is 5.01 Å². The Morgan fingerprint density at radius 2 is 1.96 bits per heavy atom. The summed E-state index contributed by atoms with van der Waals surface area (Å²) in [5.41, 5.74) is 3.18. The fourth-order valence-corrected chi connectivity index (χ4v) is 3.48. The Morgan fingerprint density at radius 3 is 2.64 bits per heavy atom. The number of ether oxygens (including phenoxy) is 2. The van der Waals surface area contributed by atoms with Gasteiger partial charge >= 0.3 is 0 Å². The summed E-state index contributed by atoms with van der Waals surface area (Å²) in [5.74, 6) is 0.832. The van der Waals surface area contributed by atoms with Crippen LogP contribution < -0.4 is 20.1 Å². The summed E-state index contributed by atoms with van der Waals surface area (Å²) in [5, 5.41) is 9.36. The van der Waals surface area contributed by atoms with Gasteiger partial charge in [0.05, 0.1) is 42.2 Å². The molecular weight excluding hydrogens is 398 g/mol. The highest BCUT2D eigenvalue weighted by atomic mass is 35.5. The number of methoxy groups -OCH3 is 2.